The summed E-state index contributed by atoms with van der Waals surface area (Å²) in [5.74, 6) is 0.488. The van der Waals surface area contributed by atoms with E-state index in [4.69, 9.17) is 9.84 Å². The van der Waals surface area contributed by atoms with E-state index in [0.717, 1.165) is 35.1 Å². The standard InChI is InChI=1S/C22H20FN5O2/c23-15-3-1-14(2-4-15)20-19-21(26-16-5-7-18(29)8-6-16)24-13-25-22(19)28(27-20)17-9-11-30-12-10-17/h1-8,13,17,29H,9-12H2,(H,24,25,26). The van der Waals surface area contributed by atoms with Crippen LogP contribution in [0, 0.1) is 5.82 Å². The molecule has 0 aliphatic carbocycles. The van der Waals surface area contributed by atoms with Gasteiger partial charge in [-0.3, -0.25) is 0 Å². The Morgan fingerprint density at radius 2 is 1.73 bits per heavy atom. The highest BCUT2D eigenvalue weighted by molar-refractivity contribution is 6.00. The van der Waals surface area contributed by atoms with Crippen molar-refractivity contribution in [1.29, 1.82) is 0 Å². The van der Waals surface area contributed by atoms with E-state index in [-0.39, 0.29) is 17.6 Å². The van der Waals surface area contributed by atoms with E-state index >= 15 is 0 Å². The number of rotatable bonds is 4. The van der Waals surface area contributed by atoms with Gasteiger partial charge in [0, 0.05) is 24.5 Å². The van der Waals surface area contributed by atoms with Gasteiger partial charge in [0.2, 0.25) is 0 Å². The van der Waals surface area contributed by atoms with Crippen LogP contribution in [-0.2, 0) is 4.74 Å². The van der Waals surface area contributed by atoms with Gasteiger partial charge in [-0.2, -0.15) is 5.10 Å². The van der Waals surface area contributed by atoms with Crippen molar-refractivity contribution in [2.45, 2.75) is 18.9 Å². The molecule has 1 aliphatic heterocycles. The maximum Gasteiger partial charge on any atom is 0.164 e. The van der Waals surface area contributed by atoms with Crippen LogP contribution in [0.2, 0.25) is 0 Å². The minimum absolute atomic E-state index is 0.173. The second-order valence-electron chi connectivity index (χ2n) is 7.24. The highest BCUT2D eigenvalue weighted by Gasteiger charge is 2.24. The number of hydrogen-bond donors (Lipinski definition) is 2. The van der Waals surface area contributed by atoms with E-state index in [2.05, 4.69) is 15.3 Å². The van der Waals surface area contributed by atoms with Gasteiger partial charge in [-0.1, -0.05) is 0 Å². The molecule has 0 atom stereocenters. The lowest BCUT2D eigenvalue weighted by atomic mass is 10.1. The molecule has 30 heavy (non-hydrogen) atoms. The van der Waals surface area contributed by atoms with Crippen molar-refractivity contribution in [3.63, 3.8) is 0 Å². The van der Waals surface area contributed by atoms with Gasteiger partial charge in [0.05, 0.1) is 11.4 Å². The van der Waals surface area contributed by atoms with E-state index in [1.54, 1.807) is 36.4 Å². The Labute approximate surface area is 172 Å². The largest absolute Gasteiger partial charge is 0.508 e. The molecule has 0 amide bonds. The number of phenolic OH excluding ortho intramolecular Hbond substituents is 1. The van der Waals surface area contributed by atoms with Gasteiger partial charge < -0.3 is 15.2 Å². The molecular weight excluding hydrogens is 385 g/mol. The normalized spacial score (nSPS) is 14.8. The van der Waals surface area contributed by atoms with E-state index in [1.165, 1.54) is 18.5 Å². The minimum atomic E-state index is -0.300. The summed E-state index contributed by atoms with van der Waals surface area (Å²) in [5, 5.41) is 18.5. The predicted molar refractivity (Wildman–Crippen MR) is 111 cm³/mol. The van der Waals surface area contributed by atoms with Crippen molar-refractivity contribution in [1.82, 2.24) is 19.7 Å². The van der Waals surface area contributed by atoms with Crippen LogP contribution < -0.4 is 5.32 Å². The molecule has 152 valence electrons. The van der Waals surface area contributed by atoms with Crippen LogP contribution in [0.3, 0.4) is 0 Å². The summed E-state index contributed by atoms with van der Waals surface area (Å²) in [6.07, 6.45) is 3.21. The highest BCUT2D eigenvalue weighted by Crippen LogP contribution is 2.36. The number of nitrogens with zero attached hydrogens (tertiary/aromatic N) is 4. The van der Waals surface area contributed by atoms with E-state index in [1.807, 2.05) is 4.68 Å². The molecule has 0 spiro atoms. The van der Waals surface area contributed by atoms with Crippen LogP contribution in [0.1, 0.15) is 18.9 Å². The maximum atomic E-state index is 13.5. The topological polar surface area (TPSA) is 85.1 Å². The van der Waals surface area contributed by atoms with Gasteiger partial charge in [0.15, 0.2) is 5.65 Å². The number of benzene rings is 2. The first-order chi connectivity index (χ1) is 14.7. The van der Waals surface area contributed by atoms with Crippen LogP contribution in [0.25, 0.3) is 22.3 Å². The van der Waals surface area contributed by atoms with Gasteiger partial charge in [-0.05, 0) is 61.4 Å². The second kappa shape index (κ2) is 7.72. The lowest BCUT2D eigenvalue weighted by molar-refractivity contribution is 0.0674. The summed E-state index contributed by atoms with van der Waals surface area (Å²) < 4.78 is 21.0. The lowest BCUT2D eigenvalue weighted by Crippen LogP contribution is -2.20. The number of aromatic nitrogens is 4. The Bertz CT molecular complexity index is 1170. The summed E-state index contributed by atoms with van der Waals surface area (Å²) in [5.41, 5.74) is 2.98. The molecule has 0 radical (unpaired) electrons. The molecule has 2 aromatic heterocycles. The number of halogens is 1. The molecule has 2 aromatic carbocycles. The van der Waals surface area contributed by atoms with Crippen LogP contribution in [0.15, 0.2) is 54.9 Å². The molecule has 8 heteroatoms. The molecule has 4 aromatic rings. The summed E-state index contributed by atoms with van der Waals surface area (Å²) in [6.45, 7) is 1.36. The van der Waals surface area contributed by atoms with Crippen molar-refractivity contribution >= 4 is 22.5 Å². The Morgan fingerprint density at radius 1 is 1.00 bits per heavy atom. The fraction of sp³-hybridized carbons (Fsp3) is 0.227. The molecule has 1 aliphatic rings. The van der Waals surface area contributed by atoms with E-state index < -0.39 is 0 Å². The number of fused-ring (bicyclic) bond motifs is 1. The molecule has 1 fully saturated rings. The number of aromatic hydroxyl groups is 1. The molecular formula is C22H20FN5O2. The third-order valence-corrected chi connectivity index (χ3v) is 5.27. The van der Waals surface area contributed by atoms with Gasteiger partial charge in [0.25, 0.3) is 0 Å². The van der Waals surface area contributed by atoms with E-state index in [9.17, 15) is 9.50 Å². The summed E-state index contributed by atoms with van der Waals surface area (Å²) in [6, 6.07) is 13.2. The van der Waals surface area contributed by atoms with Crippen molar-refractivity contribution in [2.75, 3.05) is 18.5 Å². The summed E-state index contributed by atoms with van der Waals surface area (Å²) in [7, 11) is 0. The number of ether oxygens (including phenoxy) is 1. The molecule has 1 saturated heterocycles. The first kappa shape index (κ1) is 18.5. The highest BCUT2D eigenvalue weighted by atomic mass is 19.1. The Balaban J connectivity index is 1.67. The summed E-state index contributed by atoms with van der Waals surface area (Å²) >= 11 is 0. The molecule has 0 unspecified atom stereocenters. The van der Waals surface area contributed by atoms with Gasteiger partial charge in [0.1, 0.15) is 29.4 Å². The zero-order valence-electron chi connectivity index (χ0n) is 16.1. The van der Waals surface area contributed by atoms with Crippen molar-refractivity contribution in [2.24, 2.45) is 0 Å². The molecule has 0 bridgehead atoms. The SMILES string of the molecule is Oc1ccc(Nc2ncnc3c2c(-c2ccc(F)cc2)nn3C2CCOCC2)cc1. The van der Waals surface area contributed by atoms with Crippen molar-refractivity contribution in [3.05, 3.63) is 60.7 Å². The third-order valence-electron chi connectivity index (χ3n) is 5.27. The summed E-state index contributed by atoms with van der Waals surface area (Å²) in [4.78, 5) is 8.98. The van der Waals surface area contributed by atoms with Crippen LogP contribution in [0.4, 0.5) is 15.9 Å². The van der Waals surface area contributed by atoms with Gasteiger partial charge >= 0.3 is 0 Å². The van der Waals surface area contributed by atoms with Gasteiger partial charge in [-0.25, -0.2) is 19.0 Å². The maximum absolute atomic E-state index is 13.5. The second-order valence-corrected chi connectivity index (χ2v) is 7.24. The molecule has 7 nitrogen and oxygen atoms in total. The number of hydrogen-bond acceptors (Lipinski definition) is 6. The molecule has 0 saturated carbocycles. The number of nitrogens with one attached hydrogen (secondary N) is 1. The van der Waals surface area contributed by atoms with Crippen molar-refractivity contribution in [3.8, 4) is 17.0 Å². The average molecular weight is 405 g/mol. The smallest absolute Gasteiger partial charge is 0.164 e. The zero-order chi connectivity index (χ0) is 20.5. The Hall–Kier alpha value is -3.52. The zero-order valence-corrected chi connectivity index (χ0v) is 16.1. The lowest BCUT2D eigenvalue weighted by Gasteiger charge is -2.22. The van der Waals surface area contributed by atoms with Gasteiger partial charge in [-0.15, -0.1) is 0 Å². The average Bonchev–Trinajstić information content (AvgIpc) is 3.17. The Kier molecular flexibility index (Phi) is 4.76. The Morgan fingerprint density at radius 3 is 2.47 bits per heavy atom. The predicted octanol–water partition coefficient (Wildman–Crippen LogP) is 4.43. The minimum Gasteiger partial charge on any atom is -0.508 e. The molecule has 3 heterocycles. The molecule has 2 N–H and O–H groups in total. The number of anilines is 2. The van der Waals surface area contributed by atoms with E-state index in [0.29, 0.717) is 24.7 Å². The fourth-order valence-corrected chi connectivity index (χ4v) is 3.74. The van der Waals surface area contributed by atoms with Crippen LogP contribution in [-0.4, -0.2) is 38.1 Å². The van der Waals surface area contributed by atoms with Crippen molar-refractivity contribution < 1.29 is 14.2 Å². The number of phenols is 1. The fourth-order valence-electron chi connectivity index (χ4n) is 3.74. The monoisotopic (exact) mass is 405 g/mol. The quantitative estimate of drug-likeness (QED) is 0.489. The molecule has 5 rings (SSSR count). The first-order valence-corrected chi connectivity index (χ1v) is 9.82. The first-order valence-electron chi connectivity index (χ1n) is 9.82. The van der Waals surface area contributed by atoms with Crippen LogP contribution >= 0.6 is 0 Å². The van der Waals surface area contributed by atoms with Crippen LogP contribution in [0.5, 0.6) is 5.75 Å². The third kappa shape index (κ3) is 3.46.